The van der Waals surface area contributed by atoms with E-state index in [-0.39, 0.29) is 18.3 Å². The number of carbonyl (C=O) groups excluding carboxylic acids is 1. The molecule has 1 saturated heterocycles. The highest BCUT2D eigenvalue weighted by molar-refractivity contribution is 8.00. The molecule has 252 valence electrons. The van der Waals surface area contributed by atoms with Crippen LogP contribution in [0.1, 0.15) is 32.4 Å². The number of benzene rings is 4. The number of thioether (sulfide) groups is 1. The molecule has 0 bridgehead atoms. The largest absolute Gasteiger partial charge is 0.497 e. The fraction of sp³-hybridized carbons (Fsp3) is 0.237. The van der Waals surface area contributed by atoms with Gasteiger partial charge in [0.1, 0.15) is 34.4 Å². The zero-order chi connectivity index (χ0) is 34.4. The van der Waals surface area contributed by atoms with Crippen LogP contribution in [0.15, 0.2) is 126 Å². The number of amides is 1. The molecule has 11 heteroatoms. The normalized spacial score (nSPS) is 18.9. The minimum Gasteiger partial charge on any atom is -0.497 e. The van der Waals surface area contributed by atoms with Crippen molar-refractivity contribution >= 4 is 23.5 Å². The van der Waals surface area contributed by atoms with Crippen molar-refractivity contribution in [3.63, 3.8) is 0 Å². The molecule has 1 aliphatic heterocycles. The van der Waals surface area contributed by atoms with E-state index >= 15 is 0 Å². The smallest absolute Gasteiger partial charge is 0.350 e. The van der Waals surface area contributed by atoms with Gasteiger partial charge >= 0.3 is 5.69 Å². The van der Waals surface area contributed by atoms with Gasteiger partial charge in [0.15, 0.2) is 0 Å². The summed E-state index contributed by atoms with van der Waals surface area (Å²) < 4.78 is 25.1. The first-order valence-electron chi connectivity index (χ1n) is 15.7. The van der Waals surface area contributed by atoms with E-state index in [9.17, 15) is 14.7 Å². The third-order valence-corrected chi connectivity index (χ3v) is 10.1. The molecule has 2 N–H and O–H groups in total. The Labute approximate surface area is 288 Å². The predicted molar refractivity (Wildman–Crippen MR) is 188 cm³/mol. The van der Waals surface area contributed by atoms with Crippen LogP contribution in [0.3, 0.4) is 0 Å². The number of hydrogen-bond donors (Lipinski definition) is 2. The van der Waals surface area contributed by atoms with Gasteiger partial charge in [0.05, 0.1) is 32.2 Å². The van der Waals surface area contributed by atoms with Crippen molar-refractivity contribution in [3.05, 3.63) is 154 Å². The fourth-order valence-corrected chi connectivity index (χ4v) is 7.61. The highest BCUT2D eigenvalue weighted by Gasteiger charge is 2.47. The number of methoxy groups -OCH3 is 3. The van der Waals surface area contributed by atoms with Gasteiger partial charge in [-0.25, -0.2) is 4.79 Å². The van der Waals surface area contributed by atoms with E-state index in [0.717, 1.165) is 16.7 Å². The summed E-state index contributed by atoms with van der Waals surface area (Å²) in [4.78, 5) is 30.0. The Bertz CT molecular complexity index is 1860. The molecular weight excluding hydrogens is 642 g/mol. The summed E-state index contributed by atoms with van der Waals surface area (Å²) in [6, 6.07) is 35.6. The molecule has 1 aromatic heterocycles. The zero-order valence-electron chi connectivity index (χ0n) is 27.3. The van der Waals surface area contributed by atoms with Gasteiger partial charge in [-0.05, 0) is 59.2 Å². The number of aliphatic hydroxyl groups is 1. The molecule has 49 heavy (non-hydrogen) atoms. The zero-order valence-corrected chi connectivity index (χ0v) is 28.1. The van der Waals surface area contributed by atoms with Crippen molar-refractivity contribution < 1.29 is 28.8 Å². The minimum absolute atomic E-state index is 0.0997. The van der Waals surface area contributed by atoms with E-state index in [1.807, 2.05) is 84.9 Å². The Kier molecular flexibility index (Phi) is 10.4. The van der Waals surface area contributed by atoms with Crippen LogP contribution < -0.4 is 20.5 Å². The highest BCUT2D eigenvalue weighted by Crippen LogP contribution is 2.46. The van der Waals surface area contributed by atoms with Crippen LogP contribution in [0, 0.1) is 0 Å². The number of hydrogen-bond acceptors (Lipinski definition) is 9. The molecule has 1 unspecified atom stereocenters. The Balaban J connectivity index is 1.31. The second kappa shape index (κ2) is 15.1. The topological polar surface area (TPSA) is 121 Å². The van der Waals surface area contributed by atoms with E-state index in [2.05, 4.69) is 10.3 Å². The maximum Gasteiger partial charge on any atom is 0.350 e. The van der Waals surface area contributed by atoms with Gasteiger partial charge in [-0.1, -0.05) is 72.8 Å². The molecule has 1 aliphatic rings. The van der Waals surface area contributed by atoms with Gasteiger partial charge in [-0.3, -0.25) is 9.36 Å². The number of anilines is 1. The molecule has 4 atom stereocenters. The third kappa shape index (κ3) is 6.97. The minimum atomic E-state index is -1.09. The first kappa shape index (κ1) is 33.9. The molecule has 4 aromatic carbocycles. The average molecular weight is 680 g/mol. The maximum atomic E-state index is 13.3. The molecule has 10 nitrogen and oxygen atoms in total. The molecule has 1 amide bonds. The van der Waals surface area contributed by atoms with E-state index < -0.39 is 34.1 Å². The first-order chi connectivity index (χ1) is 23.9. The third-order valence-electron chi connectivity index (χ3n) is 8.60. The van der Waals surface area contributed by atoms with Gasteiger partial charge < -0.3 is 29.4 Å². The molecule has 0 aliphatic carbocycles. The second-order valence-electron chi connectivity index (χ2n) is 11.4. The monoisotopic (exact) mass is 679 g/mol. The Morgan fingerprint density at radius 2 is 1.37 bits per heavy atom. The Morgan fingerprint density at radius 1 is 0.816 bits per heavy atom. The summed E-state index contributed by atoms with van der Waals surface area (Å²) in [6.45, 7) is 0.0997. The first-order valence-corrected chi connectivity index (χ1v) is 16.6. The van der Waals surface area contributed by atoms with Crippen LogP contribution >= 0.6 is 11.8 Å². The molecule has 5 aromatic rings. The van der Waals surface area contributed by atoms with Crippen LogP contribution in [0.4, 0.5) is 5.82 Å². The SMILES string of the molecule is COc1ccc(C(OC[C@H]2SC(n3ccc(NC(=O)c4ccccc4)nc3=O)[C@H](OC)[C@@H]2O)(c2ccccc2)c2ccc(OC)cc2)cc1. The lowest BCUT2D eigenvalue weighted by Crippen LogP contribution is -2.40. The number of ether oxygens (including phenoxy) is 4. The van der Waals surface area contributed by atoms with Gasteiger partial charge in [0, 0.05) is 18.9 Å². The lowest BCUT2D eigenvalue weighted by molar-refractivity contribution is -0.0414. The molecule has 1 fully saturated rings. The lowest BCUT2D eigenvalue weighted by Gasteiger charge is -2.37. The van der Waals surface area contributed by atoms with Crippen LogP contribution in [-0.2, 0) is 15.1 Å². The maximum absolute atomic E-state index is 13.3. The summed E-state index contributed by atoms with van der Waals surface area (Å²) in [5.74, 6) is 1.16. The summed E-state index contributed by atoms with van der Waals surface area (Å²) in [5.41, 5.74) is 1.37. The predicted octanol–water partition coefficient (Wildman–Crippen LogP) is 5.51. The van der Waals surface area contributed by atoms with Crippen molar-refractivity contribution in [1.29, 1.82) is 0 Å². The number of rotatable bonds is 12. The number of nitrogens with zero attached hydrogens (tertiary/aromatic N) is 2. The molecule has 0 saturated carbocycles. The quantitative estimate of drug-likeness (QED) is 0.165. The lowest BCUT2D eigenvalue weighted by atomic mass is 9.80. The van der Waals surface area contributed by atoms with E-state index in [0.29, 0.717) is 17.1 Å². The fourth-order valence-electron chi connectivity index (χ4n) is 6.07. The van der Waals surface area contributed by atoms with Gasteiger partial charge in [0.2, 0.25) is 0 Å². The molecule has 6 rings (SSSR count). The molecule has 0 spiro atoms. The number of nitrogens with one attached hydrogen (secondary N) is 1. The van der Waals surface area contributed by atoms with Crippen molar-refractivity contribution in [1.82, 2.24) is 9.55 Å². The number of aliphatic hydroxyl groups excluding tert-OH is 1. The van der Waals surface area contributed by atoms with Gasteiger partial charge in [-0.15, -0.1) is 11.8 Å². The van der Waals surface area contributed by atoms with Crippen LogP contribution in [0.5, 0.6) is 11.5 Å². The van der Waals surface area contributed by atoms with Crippen molar-refractivity contribution in [3.8, 4) is 11.5 Å². The summed E-state index contributed by atoms with van der Waals surface area (Å²) >= 11 is 1.37. The van der Waals surface area contributed by atoms with E-state index in [1.165, 1.54) is 23.4 Å². The Hall–Kier alpha value is -4.94. The number of carbonyl (C=O) groups is 1. The van der Waals surface area contributed by atoms with Gasteiger partial charge in [-0.2, -0.15) is 4.98 Å². The van der Waals surface area contributed by atoms with Crippen LogP contribution in [-0.4, -0.2) is 66.0 Å². The van der Waals surface area contributed by atoms with Crippen molar-refractivity contribution in [2.75, 3.05) is 33.3 Å². The van der Waals surface area contributed by atoms with E-state index in [4.69, 9.17) is 18.9 Å². The number of aromatic nitrogens is 2. The van der Waals surface area contributed by atoms with Crippen molar-refractivity contribution in [2.24, 2.45) is 0 Å². The van der Waals surface area contributed by atoms with Gasteiger partial charge in [0.25, 0.3) is 5.91 Å². The van der Waals surface area contributed by atoms with Crippen molar-refractivity contribution in [2.45, 2.75) is 28.4 Å². The highest BCUT2D eigenvalue weighted by atomic mass is 32.2. The summed E-state index contributed by atoms with van der Waals surface area (Å²) in [5, 5.41) is 13.1. The second-order valence-corrected chi connectivity index (χ2v) is 12.8. The molecule has 0 radical (unpaired) electrons. The van der Waals surface area contributed by atoms with E-state index in [1.54, 1.807) is 50.7 Å². The average Bonchev–Trinajstić information content (AvgIpc) is 3.47. The Morgan fingerprint density at radius 3 is 1.90 bits per heavy atom. The summed E-state index contributed by atoms with van der Waals surface area (Å²) in [7, 11) is 4.74. The molecular formula is C38H37N3O7S. The van der Waals surface area contributed by atoms with Crippen LogP contribution in [0.25, 0.3) is 0 Å². The molecule has 2 heterocycles. The summed E-state index contributed by atoms with van der Waals surface area (Å²) in [6.07, 6.45) is -0.168. The standard InChI is InChI=1S/C38H37N3O7S/c1-45-29-18-14-27(15-19-29)38(26-12-8-5-9-13-26,28-16-20-30(46-2)21-17-28)48-24-31-33(42)34(47-3)36(49-31)41-23-22-32(40-37(41)44)39-35(43)25-10-6-4-7-11-25/h4-23,31,33-34,36,42H,24H2,1-3H3,(H,39,40,43,44)/t31-,33-,34-,36?/m1/s1. The van der Waals surface area contributed by atoms with Crippen LogP contribution in [0.2, 0.25) is 0 Å².